The molecule has 0 amide bonds. The zero-order valence-corrected chi connectivity index (χ0v) is 12.4. The number of aryl methyl sites for hydroxylation is 1. The average Bonchev–Trinajstić information content (AvgIpc) is 2.46. The van der Waals surface area contributed by atoms with Crippen LogP contribution in [-0.4, -0.2) is 35.6 Å². The normalized spacial score (nSPS) is 20.6. The number of hydrogen-bond acceptors (Lipinski definition) is 3. The summed E-state index contributed by atoms with van der Waals surface area (Å²) >= 11 is 0. The first-order valence-corrected chi connectivity index (χ1v) is 7.71. The third-order valence-electron chi connectivity index (χ3n) is 3.91. The summed E-state index contributed by atoms with van der Waals surface area (Å²) in [6.45, 7) is 9.03. The molecule has 1 aliphatic rings. The quantitative estimate of drug-likeness (QED) is 0.853. The number of nitrogens with one attached hydrogen (secondary N) is 1. The van der Waals surface area contributed by atoms with E-state index in [0.29, 0.717) is 6.04 Å². The molecule has 0 spiro atoms. The van der Waals surface area contributed by atoms with E-state index in [0.717, 1.165) is 18.7 Å². The lowest BCUT2D eigenvalue weighted by atomic mass is 10.1. The summed E-state index contributed by atoms with van der Waals surface area (Å²) in [7, 11) is 0. The van der Waals surface area contributed by atoms with E-state index in [1.165, 1.54) is 44.5 Å². The number of hydrogen-bond donors (Lipinski definition) is 1. The highest BCUT2D eigenvalue weighted by Crippen LogP contribution is 2.11. The molecule has 3 nitrogen and oxygen atoms in total. The number of piperidine rings is 1. The van der Waals surface area contributed by atoms with Crippen LogP contribution in [-0.2, 0) is 13.0 Å². The van der Waals surface area contributed by atoms with Crippen LogP contribution in [0.3, 0.4) is 0 Å². The van der Waals surface area contributed by atoms with E-state index in [4.69, 9.17) is 0 Å². The Labute approximate surface area is 117 Å². The third-order valence-corrected chi connectivity index (χ3v) is 3.91. The minimum Gasteiger partial charge on any atom is -0.307 e. The summed E-state index contributed by atoms with van der Waals surface area (Å²) in [6, 6.07) is 4.97. The predicted molar refractivity (Wildman–Crippen MR) is 80.2 cm³/mol. The summed E-state index contributed by atoms with van der Waals surface area (Å²) in [4.78, 5) is 7.09. The maximum Gasteiger partial charge on any atom is 0.0541 e. The van der Waals surface area contributed by atoms with Crippen molar-refractivity contribution in [1.29, 1.82) is 0 Å². The minimum absolute atomic E-state index is 0.632. The second-order valence-electron chi connectivity index (χ2n) is 5.53. The maximum absolute atomic E-state index is 4.51. The number of pyridine rings is 1. The summed E-state index contributed by atoms with van der Waals surface area (Å²) < 4.78 is 0. The Morgan fingerprint density at radius 3 is 2.95 bits per heavy atom. The standard InChI is InChI=1S/C16H27N3/c1-3-9-19-10-5-6-16(13-19)18-12-15-8-7-14(4-2)11-17-15/h7-8,11,16,18H,3-6,9-10,12-13H2,1-2H3/t16-/m0/s1. The largest absolute Gasteiger partial charge is 0.307 e. The molecule has 0 aromatic carbocycles. The van der Waals surface area contributed by atoms with Crippen molar-refractivity contribution in [1.82, 2.24) is 15.2 Å². The topological polar surface area (TPSA) is 28.2 Å². The van der Waals surface area contributed by atoms with Gasteiger partial charge < -0.3 is 10.2 Å². The van der Waals surface area contributed by atoms with Gasteiger partial charge in [0.05, 0.1) is 5.69 Å². The van der Waals surface area contributed by atoms with Crippen molar-refractivity contribution in [3.63, 3.8) is 0 Å². The molecule has 2 heterocycles. The van der Waals surface area contributed by atoms with Crippen LogP contribution in [0.5, 0.6) is 0 Å². The van der Waals surface area contributed by atoms with E-state index in [1.54, 1.807) is 0 Å². The van der Waals surface area contributed by atoms with Crippen LogP contribution in [0.25, 0.3) is 0 Å². The smallest absolute Gasteiger partial charge is 0.0541 e. The highest BCUT2D eigenvalue weighted by molar-refractivity contribution is 5.13. The second-order valence-corrected chi connectivity index (χ2v) is 5.53. The van der Waals surface area contributed by atoms with E-state index < -0.39 is 0 Å². The molecule has 1 aromatic heterocycles. The van der Waals surface area contributed by atoms with Gasteiger partial charge in [-0.2, -0.15) is 0 Å². The molecule has 0 unspecified atom stereocenters. The van der Waals surface area contributed by atoms with Gasteiger partial charge in [-0.15, -0.1) is 0 Å². The molecule has 106 valence electrons. The molecule has 1 atom stereocenters. The van der Waals surface area contributed by atoms with Crippen LogP contribution in [0.4, 0.5) is 0 Å². The fourth-order valence-electron chi connectivity index (χ4n) is 2.76. The average molecular weight is 261 g/mol. The SMILES string of the molecule is CCCN1CCC[C@H](NCc2ccc(CC)cn2)C1. The summed E-state index contributed by atoms with van der Waals surface area (Å²) in [6.07, 6.45) is 6.94. The van der Waals surface area contributed by atoms with Crippen LogP contribution in [0.15, 0.2) is 18.3 Å². The minimum atomic E-state index is 0.632. The summed E-state index contributed by atoms with van der Waals surface area (Å²) in [5.74, 6) is 0. The lowest BCUT2D eigenvalue weighted by Crippen LogP contribution is -2.45. The molecule has 0 bridgehead atoms. The van der Waals surface area contributed by atoms with Gasteiger partial charge in [0, 0.05) is 25.3 Å². The van der Waals surface area contributed by atoms with Gasteiger partial charge in [-0.25, -0.2) is 0 Å². The molecule has 1 saturated heterocycles. The molecule has 0 aliphatic carbocycles. The van der Waals surface area contributed by atoms with Crippen molar-refractivity contribution in [2.24, 2.45) is 0 Å². The summed E-state index contributed by atoms with van der Waals surface area (Å²) in [5, 5.41) is 3.66. The second kappa shape index (κ2) is 7.61. The monoisotopic (exact) mass is 261 g/mol. The maximum atomic E-state index is 4.51. The molecule has 2 rings (SSSR count). The Balaban J connectivity index is 1.77. The lowest BCUT2D eigenvalue weighted by Gasteiger charge is -2.33. The molecule has 1 aliphatic heterocycles. The Morgan fingerprint density at radius 1 is 1.37 bits per heavy atom. The summed E-state index contributed by atoms with van der Waals surface area (Å²) in [5.41, 5.74) is 2.47. The van der Waals surface area contributed by atoms with Gasteiger partial charge in [0.15, 0.2) is 0 Å². The molecule has 1 aromatic rings. The first-order chi connectivity index (χ1) is 9.31. The van der Waals surface area contributed by atoms with Crippen LogP contribution < -0.4 is 5.32 Å². The number of rotatable bonds is 6. The number of aromatic nitrogens is 1. The van der Waals surface area contributed by atoms with Crippen LogP contribution in [0, 0.1) is 0 Å². The predicted octanol–water partition coefficient (Wildman–Crippen LogP) is 2.61. The Bertz CT molecular complexity index is 359. The van der Waals surface area contributed by atoms with Gasteiger partial charge in [-0.05, 0) is 50.4 Å². The zero-order chi connectivity index (χ0) is 13.5. The fraction of sp³-hybridized carbons (Fsp3) is 0.688. The Morgan fingerprint density at radius 2 is 2.26 bits per heavy atom. The molecular weight excluding hydrogens is 234 g/mol. The number of likely N-dealkylation sites (tertiary alicyclic amines) is 1. The van der Waals surface area contributed by atoms with Crippen LogP contribution in [0.1, 0.15) is 44.4 Å². The lowest BCUT2D eigenvalue weighted by molar-refractivity contribution is 0.190. The van der Waals surface area contributed by atoms with Gasteiger partial charge in [0.25, 0.3) is 0 Å². The van der Waals surface area contributed by atoms with E-state index in [9.17, 15) is 0 Å². The van der Waals surface area contributed by atoms with E-state index >= 15 is 0 Å². The zero-order valence-electron chi connectivity index (χ0n) is 12.4. The van der Waals surface area contributed by atoms with Crippen LogP contribution in [0.2, 0.25) is 0 Å². The van der Waals surface area contributed by atoms with E-state index in [-0.39, 0.29) is 0 Å². The number of nitrogens with zero attached hydrogens (tertiary/aromatic N) is 2. The van der Waals surface area contributed by atoms with Crippen molar-refractivity contribution in [3.05, 3.63) is 29.6 Å². The fourth-order valence-corrected chi connectivity index (χ4v) is 2.76. The van der Waals surface area contributed by atoms with Crippen molar-refractivity contribution in [2.45, 2.75) is 52.1 Å². The van der Waals surface area contributed by atoms with Gasteiger partial charge in [0.2, 0.25) is 0 Å². The molecule has 1 fully saturated rings. The highest BCUT2D eigenvalue weighted by Gasteiger charge is 2.18. The first-order valence-electron chi connectivity index (χ1n) is 7.71. The Hall–Kier alpha value is -0.930. The highest BCUT2D eigenvalue weighted by atomic mass is 15.2. The third kappa shape index (κ3) is 4.59. The van der Waals surface area contributed by atoms with Gasteiger partial charge in [0.1, 0.15) is 0 Å². The van der Waals surface area contributed by atoms with Gasteiger partial charge in [-0.3, -0.25) is 4.98 Å². The van der Waals surface area contributed by atoms with E-state index in [2.05, 4.69) is 41.2 Å². The van der Waals surface area contributed by atoms with Gasteiger partial charge in [-0.1, -0.05) is 19.9 Å². The molecule has 0 radical (unpaired) electrons. The molecule has 19 heavy (non-hydrogen) atoms. The molecule has 0 saturated carbocycles. The van der Waals surface area contributed by atoms with E-state index in [1.807, 2.05) is 6.20 Å². The van der Waals surface area contributed by atoms with Crippen molar-refractivity contribution in [2.75, 3.05) is 19.6 Å². The first kappa shape index (κ1) is 14.5. The molecule has 3 heteroatoms. The molecule has 1 N–H and O–H groups in total. The van der Waals surface area contributed by atoms with Crippen LogP contribution >= 0.6 is 0 Å². The van der Waals surface area contributed by atoms with Crippen molar-refractivity contribution in [3.8, 4) is 0 Å². The van der Waals surface area contributed by atoms with Crippen molar-refractivity contribution < 1.29 is 0 Å². The van der Waals surface area contributed by atoms with Gasteiger partial charge >= 0.3 is 0 Å². The Kier molecular flexibility index (Phi) is 5.80. The molecular formula is C16H27N3. The van der Waals surface area contributed by atoms with Crippen molar-refractivity contribution >= 4 is 0 Å².